The predicted molar refractivity (Wildman–Crippen MR) is 131 cm³/mol. The first-order chi connectivity index (χ1) is 17.7. The van der Waals surface area contributed by atoms with Crippen LogP contribution in [0.5, 0.6) is 0 Å². The Morgan fingerprint density at radius 3 is 2.57 bits per heavy atom. The zero-order valence-corrected chi connectivity index (χ0v) is 20.1. The third kappa shape index (κ3) is 5.57. The highest BCUT2D eigenvalue weighted by Gasteiger charge is 2.38. The molecule has 0 aliphatic carbocycles. The normalized spacial score (nSPS) is 17.7. The van der Waals surface area contributed by atoms with Gasteiger partial charge < -0.3 is 10.6 Å². The van der Waals surface area contributed by atoms with E-state index in [9.17, 15) is 22.8 Å². The van der Waals surface area contributed by atoms with Crippen LogP contribution in [0, 0.1) is 5.41 Å². The SMILES string of the molecule is O=Cc1nn(-c2ccc(CN3CCC4(CCNCC4)C3)cc2)cc1NC(=O)c1cccc(C(F)(F)F)n1. The van der Waals surface area contributed by atoms with Crippen molar-refractivity contribution >= 4 is 17.9 Å². The van der Waals surface area contributed by atoms with Gasteiger partial charge in [-0.15, -0.1) is 0 Å². The van der Waals surface area contributed by atoms with Crippen molar-refractivity contribution in [3.63, 3.8) is 0 Å². The van der Waals surface area contributed by atoms with Crippen molar-refractivity contribution in [3.8, 4) is 5.69 Å². The molecule has 0 unspecified atom stereocenters. The molecule has 4 heterocycles. The van der Waals surface area contributed by atoms with Crippen molar-refractivity contribution in [1.82, 2.24) is 25.0 Å². The van der Waals surface area contributed by atoms with Gasteiger partial charge in [-0.25, -0.2) is 9.67 Å². The highest BCUT2D eigenvalue weighted by molar-refractivity contribution is 6.04. The molecule has 2 aromatic heterocycles. The van der Waals surface area contributed by atoms with Gasteiger partial charge in [-0.05, 0) is 74.1 Å². The summed E-state index contributed by atoms with van der Waals surface area (Å²) < 4.78 is 40.3. The van der Waals surface area contributed by atoms with Crippen LogP contribution in [-0.4, -0.2) is 58.0 Å². The number of nitrogens with zero attached hydrogens (tertiary/aromatic N) is 4. The van der Waals surface area contributed by atoms with Crippen LogP contribution in [0.3, 0.4) is 0 Å². The molecule has 5 rings (SSSR count). The number of amides is 1. The van der Waals surface area contributed by atoms with Crippen LogP contribution >= 0.6 is 0 Å². The Hall–Kier alpha value is -3.57. The van der Waals surface area contributed by atoms with Crippen LogP contribution in [0.2, 0.25) is 0 Å². The number of carbonyl (C=O) groups excluding carboxylic acids is 2. The molecule has 1 amide bonds. The molecule has 0 saturated carbocycles. The zero-order chi connectivity index (χ0) is 26.0. The van der Waals surface area contributed by atoms with E-state index in [2.05, 4.69) is 25.6 Å². The largest absolute Gasteiger partial charge is 0.433 e. The number of halogens is 3. The fraction of sp³-hybridized carbons (Fsp3) is 0.385. The number of piperidine rings is 1. The highest BCUT2D eigenvalue weighted by Crippen LogP contribution is 2.39. The summed E-state index contributed by atoms with van der Waals surface area (Å²) in [6.07, 6.45) is 0.937. The molecule has 2 N–H and O–H groups in total. The van der Waals surface area contributed by atoms with Crippen LogP contribution in [0.4, 0.5) is 18.9 Å². The Morgan fingerprint density at radius 1 is 1.11 bits per heavy atom. The number of alkyl halides is 3. The summed E-state index contributed by atoms with van der Waals surface area (Å²) >= 11 is 0. The molecule has 1 spiro atoms. The van der Waals surface area contributed by atoms with Crippen molar-refractivity contribution < 1.29 is 22.8 Å². The third-order valence-electron chi connectivity index (χ3n) is 7.16. The molecule has 3 aromatic rings. The number of aromatic nitrogens is 3. The van der Waals surface area contributed by atoms with E-state index < -0.39 is 23.5 Å². The van der Waals surface area contributed by atoms with Crippen molar-refractivity contribution in [2.24, 2.45) is 5.41 Å². The quantitative estimate of drug-likeness (QED) is 0.487. The number of hydrogen-bond donors (Lipinski definition) is 2. The molecule has 2 aliphatic rings. The molecule has 2 saturated heterocycles. The smallest absolute Gasteiger partial charge is 0.317 e. The first kappa shape index (κ1) is 25.1. The van der Waals surface area contributed by atoms with Crippen LogP contribution in [0.25, 0.3) is 5.69 Å². The molecule has 8 nitrogen and oxygen atoms in total. The lowest BCUT2D eigenvalue weighted by Crippen LogP contribution is -2.38. The van der Waals surface area contributed by atoms with Gasteiger partial charge in [0.05, 0.1) is 17.6 Å². The average molecular weight is 513 g/mol. The van der Waals surface area contributed by atoms with E-state index >= 15 is 0 Å². The van der Waals surface area contributed by atoms with Crippen molar-refractivity contribution in [2.75, 3.05) is 31.5 Å². The minimum absolute atomic E-state index is 0.0475. The number of carbonyl (C=O) groups is 2. The Labute approximate surface area is 211 Å². The number of anilines is 1. The summed E-state index contributed by atoms with van der Waals surface area (Å²) in [4.78, 5) is 30.0. The third-order valence-corrected chi connectivity index (χ3v) is 7.16. The lowest BCUT2D eigenvalue weighted by atomic mass is 9.78. The van der Waals surface area contributed by atoms with Crippen molar-refractivity contribution in [1.29, 1.82) is 0 Å². The van der Waals surface area contributed by atoms with Gasteiger partial charge >= 0.3 is 6.18 Å². The summed E-state index contributed by atoms with van der Waals surface area (Å²) in [5.41, 5.74) is 0.725. The first-order valence-corrected chi connectivity index (χ1v) is 12.2. The highest BCUT2D eigenvalue weighted by atomic mass is 19.4. The van der Waals surface area contributed by atoms with E-state index in [1.165, 1.54) is 41.8 Å². The fourth-order valence-corrected chi connectivity index (χ4v) is 5.15. The maximum Gasteiger partial charge on any atom is 0.433 e. The number of hydrogen-bond acceptors (Lipinski definition) is 6. The summed E-state index contributed by atoms with van der Waals surface area (Å²) in [7, 11) is 0. The van der Waals surface area contributed by atoms with Crippen LogP contribution in [0.15, 0.2) is 48.7 Å². The lowest BCUT2D eigenvalue weighted by Gasteiger charge is -2.33. The molecule has 11 heteroatoms. The van der Waals surface area contributed by atoms with Gasteiger partial charge in [0, 0.05) is 13.1 Å². The van der Waals surface area contributed by atoms with Crippen molar-refractivity contribution in [2.45, 2.75) is 32.0 Å². The number of pyridine rings is 1. The molecule has 2 fully saturated rings. The topological polar surface area (TPSA) is 92.2 Å². The van der Waals surface area contributed by atoms with E-state index in [0.717, 1.165) is 44.9 Å². The summed E-state index contributed by atoms with van der Waals surface area (Å²) in [5, 5.41) is 10.1. The second-order valence-electron chi connectivity index (χ2n) is 9.73. The number of aldehydes is 1. The first-order valence-electron chi connectivity index (χ1n) is 12.2. The van der Waals surface area contributed by atoms with E-state index in [-0.39, 0.29) is 11.4 Å². The second-order valence-corrected chi connectivity index (χ2v) is 9.73. The number of likely N-dealkylation sites (tertiary alicyclic amines) is 1. The molecular formula is C26H27F3N6O2. The molecule has 2 aliphatic heterocycles. The molecular weight excluding hydrogens is 485 g/mol. The summed E-state index contributed by atoms with van der Waals surface area (Å²) in [6.45, 7) is 5.25. The monoisotopic (exact) mass is 512 g/mol. The summed E-state index contributed by atoms with van der Waals surface area (Å²) in [5.74, 6) is -0.874. The molecule has 194 valence electrons. The van der Waals surface area contributed by atoms with Gasteiger partial charge in [0.2, 0.25) is 0 Å². The Bertz CT molecular complexity index is 1280. The van der Waals surface area contributed by atoms with Crippen LogP contribution < -0.4 is 10.6 Å². The van der Waals surface area contributed by atoms with Crippen molar-refractivity contribution in [3.05, 3.63) is 71.3 Å². The number of rotatable bonds is 6. The van der Waals surface area contributed by atoms with E-state index in [1.807, 2.05) is 24.3 Å². The van der Waals surface area contributed by atoms with Gasteiger partial charge in [-0.3, -0.25) is 14.5 Å². The Balaban J connectivity index is 1.26. The number of benzene rings is 1. The van der Waals surface area contributed by atoms with E-state index in [1.54, 1.807) is 0 Å². The summed E-state index contributed by atoms with van der Waals surface area (Å²) in [6, 6.07) is 10.8. The number of nitrogens with one attached hydrogen (secondary N) is 2. The average Bonchev–Trinajstić information content (AvgIpc) is 3.48. The minimum atomic E-state index is -4.68. The van der Waals surface area contributed by atoms with Gasteiger partial charge in [0.25, 0.3) is 5.91 Å². The van der Waals surface area contributed by atoms with Crippen LogP contribution in [0.1, 0.15) is 51.5 Å². The Morgan fingerprint density at radius 2 is 1.86 bits per heavy atom. The maximum atomic E-state index is 12.9. The maximum absolute atomic E-state index is 12.9. The molecule has 1 aromatic carbocycles. The predicted octanol–water partition coefficient (Wildman–Crippen LogP) is 3.93. The Kier molecular flexibility index (Phi) is 6.82. The lowest BCUT2D eigenvalue weighted by molar-refractivity contribution is -0.141. The van der Waals surface area contributed by atoms with Gasteiger partial charge in [0.15, 0.2) is 6.29 Å². The second kappa shape index (κ2) is 10.1. The van der Waals surface area contributed by atoms with Gasteiger partial charge in [0.1, 0.15) is 17.1 Å². The van der Waals surface area contributed by atoms with E-state index in [4.69, 9.17) is 0 Å². The fourth-order valence-electron chi connectivity index (χ4n) is 5.15. The standard InChI is InChI=1S/C26H27F3N6O2/c27-26(28,29)23-3-1-2-20(31-23)24(37)32-21-15-35(33-22(21)16-36)19-6-4-18(5-7-19)14-34-13-10-25(17-34)8-11-30-12-9-25/h1-7,15-16,30H,8-14,17H2,(H,32,37). The minimum Gasteiger partial charge on any atom is -0.317 e. The van der Waals surface area contributed by atoms with Crippen LogP contribution in [-0.2, 0) is 12.7 Å². The van der Waals surface area contributed by atoms with E-state index in [0.29, 0.717) is 17.4 Å². The molecule has 37 heavy (non-hydrogen) atoms. The molecule has 0 atom stereocenters. The molecule has 0 bridgehead atoms. The molecule has 0 radical (unpaired) electrons. The zero-order valence-electron chi connectivity index (χ0n) is 20.1. The van der Waals surface area contributed by atoms with Gasteiger partial charge in [-0.2, -0.15) is 18.3 Å². The van der Waals surface area contributed by atoms with Gasteiger partial charge in [-0.1, -0.05) is 18.2 Å².